The first-order valence-electron chi connectivity index (χ1n) is 16.1. The second-order valence-corrected chi connectivity index (χ2v) is 15.9. The van der Waals surface area contributed by atoms with Crippen molar-refractivity contribution in [2.75, 3.05) is 29.6 Å². The number of benzene rings is 2. The van der Waals surface area contributed by atoms with Crippen LogP contribution in [0.15, 0.2) is 64.5 Å². The van der Waals surface area contributed by atoms with Crippen molar-refractivity contribution in [1.82, 2.24) is 5.06 Å². The van der Waals surface area contributed by atoms with E-state index >= 15 is 0 Å². The van der Waals surface area contributed by atoms with Gasteiger partial charge in [0, 0.05) is 78.3 Å². The maximum Gasteiger partial charge on any atom is 1.00 e. The maximum atomic E-state index is 12.2. The van der Waals surface area contributed by atoms with E-state index < -0.39 is 49.5 Å². The van der Waals surface area contributed by atoms with Gasteiger partial charge in [0.25, 0.3) is 11.8 Å². The number of thioether (sulfide) groups is 1. The van der Waals surface area contributed by atoms with Crippen LogP contribution in [-0.2, 0) is 46.0 Å². The first-order chi connectivity index (χ1) is 23.8. The molecular formula is C33H36KN3O11S3. The quantitative estimate of drug-likeness (QED) is 0.0603. The summed E-state index contributed by atoms with van der Waals surface area (Å²) in [6, 6.07) is 17.2. The number of rotatable bonds is 17. The molecule has 3 aromatic rings. The molecule has 0 unspecified atom stereocenters. The second-order valence-electron chi connectivity index (χ2n) is 11.8. The molecule has 14 nitrogen and oxygen atoms in total. The third-order valence-electron chi connectivity index (χ3n) is 7.99. The van der Waals surface area contributed by atoms with Crippen LogP contribution in [0.3, 0.4) is 0 Å². The molecule has 2 amide bonds. The van der Waals surface area contributed by atoms with Gasteiger partial charge in [0.15, 0.2) is 0 Å². The van der Waals surface area contributed by atoms with Crippen molar-refractivity contribution in [2.24, 2.45) is 0 Å². The summed E-state index contributed by atoms with van der Waals surface area (Å²) >= 11 is 1.47. The smallest absolute Gasteiger partial charge is 0.748 e. The molecule has 0 aliphatic carbocycles. The van der Waals surface area contributed by atoms with E-state index in [9.17, 15) is 40.3 Å². The minimum atomic E-state index is -4.43. The van der Waals surface area contributed by atoms with Crippen LogP contribution in [0.1, 0.15) is 57.1 Å². The van der Waals surface area contributed by atoms with Crippen LogP contribution in [0.2, 0.25) is 0 Å². The van der Waals surface area contributed by atoms with Gasteiger partial charge in [0.1, 0.15) is 12.3 Å². The van der Waals surface area contributed by atoms with Gasteiger partial charge in [-0.2, -0.15) is 4.57 Å². The number of imide groups is 1. The van der Waals surface area contributed by atoms with E-state index in [0.29, 0.717) is 36.6 Å². The Morgan fingerprint density at radius 2 is 1.59 bits per heavy atom. The number of carbonyl (C=O) groups is 3. The Kier molecular flexibility index (Phi) is 15.1. The van der Waals surface area contributed by atoms with Crippen molar-refractivity contribution in [3.63, 3.8) is 0 Å². The van der Waals surface area contributed by atoms with Gasteiger partial charge in [0.05, 0.1) is 37.6 Å². The molecule has 0 saturated carbocycles. The van der Waals surface area contributed by atoms with Crippen LogP contribution in [0, 0.1) is 0 Å². The van der Waals surface area contributed by atoms with Crippen LogP contribution in [0.5, 0.6) is 5.75 Å². The average Bonchev–Trinajstić information content (AvgIpc) is 3.56. The fraction of sp³-hybridized carbons (Fsp3) is 0.394. The Morgan fingerprint density at radius 3 is 2.31 bits per heavy atom. The molecule has 18 heteroatoms. The fourth-order valence-electron chi connectivity index (χ4n) is 5.64. The zero-order chi connectivity index (χ0) is 35.9. The predicted molar refractivity (Wildman–Crippen MR) is 181 cm³/mol. The topological polar surface area (TPSA) is 194 Å². The minimum absolute atomic E-state index is 0. The number of anilines is 1. The summed E-state index contributed by atoms with van der Waals surface area (Å²) in [4.78, 5) is 43.5. The number of carbonyl (C=O) groups excluding carboxylic acids is 3. The molecule has 2 aromatic carbocycles. The van der Waals surface area contributed by atoms with Gasteiger partial charge >= 0.3 is 57.4 Å². The molecule has 1 saturated heterocycles. The molecule has 0 atom stereocenters. The summed E-state index contributed by atoms with van der Waals surface area (Å²) in [6.07, 6.45) is 4.09. The average molecular weight is 786 g/mol. The normalized spacial score (nSPS) is 15.4. The number of fused-ring (bicyclic) bond motifs is 2. The van der Waals surface area contributed by atoms with Crippen LogP contribution >= 0.6 is 11.8 Å². The number of nitrogens with zero attached hydrogens (tertiary/aromatic N) is 3. The Hall–Kier alpha value is -2.39. The van der Waals surface area contributed by atoms with Gasteiger partial charge in [-0.1, -0.05) is 23.9 Å². The van der Waals surface area contributed by atoms with Gasteiger partial charge in [-0.05, 0) is 49.9 Å². The molecule has 0 radical (unpaired) electrons. The molecule has 0 bridgehead atoms. The third-order valence-corrected chi connectivity index (χ3v) is 10.7. The number of unbranched alkanes of at least 4 members (excludes halogenated alkanes) is 2. The van der Waals surface area contributed by atoms with Crippen molar-refractivity contribution < 1.29 is 106 Å². The van der Waals surface area contributed by atoms with Crippen LogP contribution < -0.4 is 65.6 Å². The summed E-state index contributed by atoms with van der Waals surface area (Å²) in [5.74, 6) is -2.31. The van der Waals surface area contributed by atoms with Crippen molar-refractivity contribution >= 4 is 72.4 Å². The summed E-state index contributed by atoms with van der Waals surface area (Å²) in [5.41, 5.74) is 2.57. The number of aromatic nitrogens is 1. The SMILES string of the molecule is O=C(CCCCC[n+]1c(/C=C2\Sc3ccc(OCCCS(=O)(=O)[O-])cc3N2CCCS(=O)(=O)[O-])ccc2ccccc21)ON1C(=O)CCC1=O.[K+]. The Labute approximate surface area is 343 Å². The van der Waals surface area contributed by atoms with Crippen molar-refractivity contribution in [1.29, 1.82) is 0 Å². The number of para-hydroxylation sites is 1. The number of ether oxygens (including phenoxy) is 1. The minimum Gasteiger partial charge on any atom is -0.748 e. The largest absolute Gasteiger partial charge is 1.00 e. The van der Waals surface area contributed by atoms with Crippen LogP contribution in [0.25, 0.3) is 17.0 Å². The first-order valence-corrected chi connectivity index (χ1v) is 20.0. The maximum absolute atomic E-state index is 12.2. The molecule has 0 N–H and O–H groups in total. The van der Waals surface area contributed by atoms with Gasteiger partial charge < -0.3 is 23.6 Å². The van der Waals surface area contributed by atoms with Gasteiger partial charge in [-0.3, -0.25) is 9.59 Å². The number of hydrogen-bond donors (Lipinski definition) is 0. The number of hydrogen-bond acceptors (Lipinski definition) is 13. The monoisotopic (exact) mass is 785 g/mol. The molecule has 2 aliphatic rings. The standard InChI is InChI=1S/C33H37N3O11S3.K/c37-30-15-16-31(38)36(30)47-33(39)10-2-1-5-17-34-25(12-11-24-8-3-4-9-27(24)34)22-32-35(18-6-20-49(40,41)42)28-23-26(13-14-29(28)48-32)46-19-7-21-50(43,44)45;/h3-4,8-9,11-14,22-23H,1-2,5-7,10,15-21H2,(H-,40,41,42,43,44,45);/q;+1/p-1. The van der Waals surface area contributed by atoms with E-state index in [1.165, 1.54) is 11.8 Å². The van der Waals surface area contributed by atoms with E-state index in [4.69, 9.17) is 9.57 Å². The second kappa shape index (κ2) is 18.6. The Bertz CT molecular complexity index is 2010. The summed E-state index contributed by atoms with van der Waals surface area (Å²) in [5, 5.41) is 2.36. The van der Waals surface area contributed by atoms with Gasteiger partial charge in [-0.15, -0.1) is 5.06 Å². The molecule has 51 heavy (non-hydrogen) atoms. The van der Waals surface area contributed by atoms with Crippen molar-refractivity contribution in [2.45, 2.75) is 62.8 Å². The Balaban J connectivity index is 0.00000583. The van der Waals surface area contributed by atoms with Gasteiger partial charge in [-0.25, -0.2) is 21.6 Å². The number of aryl methyl sites for hydroxylation is 1. The molecule has 5 rings (SSSR count). The first kappa shape index (κ1) is 41.4. The summed E-state index contributed by atoms with van der Waals surface area (Å²) in [6.45, 7) is 0.839. The molecule has 0 spiro atoms. The summed E-state index contributed by atoms with van der Waals surface area (Å²) in [7, 11) is -8.79. The number of hydroxylamine groups is 2. The van der Waals surface area contributed by atoms with Crippen molar-refractivity contribution in [3.05, 3.63) is 65.3 Å². The molecule has 1 aromatic heterocycles. The molecule has 1 fully saturated rings. The molecule has 2 aliphatic heterocycles. The van der Waals surface area contributed by atoms with Gasteiger partial charge in [0.2, 0.25) is 11.2 Å². The molecule has 3 heterocycles. The van der Waals surface area contributed by atoms with Crippen molar-refractivity contribution in [3.8, 4) is 5.75 Å². The van der Waals surface area contributed by atoms with E-state index in [0.717, 1.165) is 32.2 Å². The van der Waals surface area contributed by atoms with E-state index in [-0.39, 0.29) is 96.6 Å². The van der Waals surface area contributed by atoms with Crippen LogP contribution in [0.4, 0.5) is 5.69 Å². The molecular weight excluding hydrogens is 750 g/mol. The zero-order valence-corrected chi connectivity index (χ0v) is 33.6. The summed E-state index contributed by atoms with van der Waals surface area (Å²) < 4.78 is 74.9. The predicted octanol–water partition coefficient (Wildman–Crippen LogP) is 0.459. The van der Waals surface area contributed by atoms with E-state index in [2.05, 4.69) is 4.57 Å². The Morgan fingerprint density at radius 1 is 0.882 bits per heavy atom. The molecule has 268 valence electrons. The van der Waals surface area contributed by atoms with E-state index in [1.807, 2.05) is 53.4 Å². The van der Waals surface area contributed by atoms with Crippen LogP contribution in [-0.4, -0.2) is 73.4 Å². The number of amides is 2. The zero-order valence-electron chi connectivity index (χ0n) is 28.0. The third kappa shape index (κ3) is 12.1. The fourth-order valence-corrected chi connectivity index (χ4v) is 7.70. The number of pyridine rings is 1. The van der Waals surface area contributed by atoms with E-state index in [1.54, 1.807) is 12.1 Å².